The number of nitrogens with one attached hydrogen (secondary N) is 1. The molecule has 1 atom stereocenters. The molecule has 2 aromatic rings. The zero-order valence-corrected chi connectivity index (χ0v) is 18.0. The fourth-order valence-electron chi connectivity index (χ4n) is 3.92. The molecule has 1 N–H and O–H groups in total. The van der Waals surface area contributed by atoms with Crippen molar-refractivity contribution in [3.63, 3.8) is 0 Å². The van der Waals surface area contributed by atoms with Gasteiger partial charge in [0, 0.05) is 25.5 Å². The molecule has 0 bridgehead atoms. The molecule has 172 valence electrons. The van der Waals surface area contributed by atoms with Crippen LogP contribution < -0.4 is 15.0 Å². The van der Waals surface area contributed by atoms with Crippen molar-refractivity contribution in [2.24, 2.45) is 11.8 Å². The van der Waals surface area contributed by atoms with E-state index in [1.807, 2.05) is 0 Å². The first kappa shape index (κ1) is 21.1. The highest BCUT2D eigenvalue weighted by Crippen LogP contribution is 2.38. The Morgan fingerprint density at radius 1 is 1.25 bits per heavy atom. The fourth-order valence-corrected chi connectivity index (χ4v) is 3.92. The molecule has 1 aliphatic heterocycles. The van der Waals surface area contributed by atoms with Crippen LogP contribution in [-0.4, -0.2) is 53.2 Å². The van der Waals surface area contributed by atoms with E-state index in [0.717, 1.165) is 32.1 Å². The highest BCUT2D eigenvalue weighted by atomic mass is 19.3. The summed E-state index contributed by atoms with van der Waals surface area (Å²) in [5, 5.41) is 6.94. The van der Waals surface area contributed by atoms with E-state index in [0.29, 0.717) is 48.3 Å². The van der Waals surface area contributed by atoms with E-state index in [4.69, 9.17) is 9.26 Å². The fraction of sp³-hybridized carbons (Fsp3) is 0.636. The molecule has 1 saturated heterocycles. The SMILES string of the molecule is Cc1nc(C(CNC(=O)c2nc(OCC3CC3)ccc2N2CC(F)(F)C2)CC2CC2)no1. The standard InChI is InChI=1S/C22H27F2N5O3/c1-13-26-20(28-32-13)16(8-14-2-3-14)9-25-21(30)19-17(29-11-22(23,24)12-29)6-7-18(27-19)31-10-15-4-5-15/h6-7,14-16H,2-5,8-12H2,1H3,(H,25,30). The predicted octanol–water partition coefficient (Wildman–Crippen LogP) is 3.33. The number of amides is 1. The Bertz CT molecular complexity index is 982. The van der Waals surface area contributed by atoms with Gasteiger partial charge in [-0.15, -0.1) is 0 Å². The molecule has 0 radical (unpaired) electrons. The summed E-state index contributed by atoms with van der Waals surface area (Å²) in [5.41, 5.74) is 0.490. The van der Waals surface area contributed by atoms with Gasteiger partial charge in [-0.25, -0.2) is 13.8 Å². The summed E-state index contributed by atoms with van der Waals surface area (Å²) in [6, 6.07) is 3.28. The quantitative estimate of drug-likeness (QED) is 0.597. The van der Waals surface area contributed by atoms with Crippen molar-refractivity contribution < 1.29 is 22.8 Å². The van der Waals surface area contributed by atoms with Gasteiger partial charge in [0.25, 0.3) is 11.8 Å². The van der Waals surface area contributed by atoms with Crippen molar-refractivity contribution in [2.75, 3.05) is 31.1 Å². The summed E-state index contributed by atoms with van der Waals surface area (Å²) >= 11 is 0. The van der Waals surface area contributed by atoms with E-state index >= 15 is 0 Å². The maximum absolute atomic E-state index is 13.5. The second-order valence-corrected chi connectivity index (χ2v) is 9.24. The molecule has 1 unspecified atom stereocenters. The van der Waals surface area contributed by atoms with E-state index < -0.39 is 24.9 Å². The van der Waals surface area contributed by atoms with E-state index in [9.17, 15) is 13.6 Å². The van der Waals surface area contributed by atoms with Crippen LogP contribution >= 0.6 is 0 Å². The Hall–Kier alpha value is -2.78. The zero-order valence-electron chi connectivity index (χ0n) is 18.0. The molecule has 3 heterocycles. The number of hydrogen-bond donors (Lipinski definition) is 1. The number of nitrogens with zero attached hydrogens (tertiary/aromatic N) is 4. The lowest BCUT2D eigenvalue weighted by Gasteiger charge is -2.40. The van der Waals surface area contributed by atoms with Gasteiger partial charge in [-0.3, -0.25) is 4.79 Å². The minimum absolute atomic E-state index is 0.0741. The van der Waals surface area contributed by atoms with Crippen LogP contribution in [0.15, 0.2) is 16.7 Å². The van der Waals surface area contributed by atoms with E-state index in [-0.39, 0.29) is 11.6 Å². The molecular weight excluding hydrogens is 420 g/mol. The first-order valence-electron chi connectivity index (χ1n) is 11.2. The van der Waals surface area contributed by atoms with Crippen molar-refractivity contribution >= 4 is 11.6 Å². The van der Waals surface area contributed by atoms with Crippen molar-refractivity contribution in [1.29, 1.82) is 0 Å². The number of rotatable bonds is 10. The van der Waals surface area contributed by atoms with Gasteiger partial charge in [-0.2, -0.15) is 4.98 Å². The highest BCUT2D eigenvalue weighted by Gasteiger charge is 2.45. The summed E-state index contributed by atoms with van der Waals surface area (Å²) < 4.78 is 37.8. The Balaban J connectivity index is 1.31. The number of hydrogen-bond acceptors (Lipinski definition) is 7. The number of pyridine rings is 1. The summed E-state index contributed by atoms with van der Waals surface area (Å²) in [6.45, 7) is 1.75. The minimum atomic E-state index is -2.75. The number of halogens is 2. The molecule has 2 saturated carbocycles. The van der Waals surface area contributed by atoms with Crippen LogP contribution in [0.3, 0.4) is 0 Å². The molecular formula is C22H27F2N5O3. The molecule has 32 heavy (non-hydrogen) atoms. The zero-order chi connectivity index (χ0) is 22.3. The summed E-state index contributed by atoms with van der Waals surface area (Å²) in [4.78, 5) is 23.3. The number of aromatic nitrogens is 3. The number of carbonyl (C=O) groups is 1. The first-order chi connectivity index (χ1) is 15.4. The average molecular weight is 447 g/mol. The maximum atomic E-state index is 13.5. The Kier molecular flexibility index (Phi) is 5.46. The number of alkyl halides is 2. The lowest BCUT2D eigenvalue weighted by molar-refractivity contribution is -0.0263. The van der Waals surface area contributed by atoms with Crippen LogP contribution in [0.2, 0.25) is 0 Å². The van der Waals surface area contributed by atoms with Gasteiger partial charge in [0.2, 0.25) is 11.8 Å². The largest absolute Gasteiger partial charge is 0.477 e. The van der Waals surface area contributed by atoms with E-state index in [1.165, 1.54) is 4.90 Å². The second kappa shape index (κ2) is 8.29. The van der Waals surface area contributed by atoms with E-state index in [1.54, 1.807) is 19.1 Å². The number of aryl methyl sites for hydroxylation is 1. The molecule has 3 aliphatic rings. The Labute approximate surface area is 184 Å². The number of ether oxygens (including phenoxy) is 1. The summed E-state index contributed by atoms with van der Waals surface area (Å²) in [7, 11) is 0. The van der Waals surface area contributed by atoms with Crippen molar-refractivity contribution in [3.05, 3.63) is 29.5 Å². The monoisotopic (exact) mass is 447 g/mol. The second-order valence-electron chi connectivity index (χ2n) is 9.24. The van der Waals surface area contributed by atoms with Crippen LogP contribution in [0.25, 0.3) is 0 Å². The number of carbonyl (C=O) groups excluding carboxylic acids is 1. The van der Waals surface area contributed by atoms with E-state index in [2.05, 4.69) is 20.4 Å². The topological polar surface area (TPSA) is 93.4 Å². The molecule has 1 amide bonds. The molecule has 2 aliphatic carbocycles. The normalized spacial score (nSPS) is 20.5. The highest BCUT2D eigenvalue weighted by molar-refractivity contribution is 5.98. The number of anilines is 1. The smallest absolute Gasteiger partial charge is 0.282 e. The molecule has 3 fully saturated rings. The van der Waals surface area contributed by atoms with Gasteiger partial charge in [0.1, 0.15) is 0 Å². The van der Waals surface area contributed by atoms with Crippen LogP contribution in [0, 0.1) is 18.8 Å². The lowest BCUT2D eigenvalue weighted by atomic mass is 10.0. The van der Waals surface area contributed by atoms with Crippen molar-refractivity contribution in [1.82, 2.24) is 20.4 Å². The Morgan fingerprint density at radius 3 is 2.62 bits per heavy atom. The molecule has 8 nitrogen and oxygen atoms in total. The predicted molar refractivity (Wildman–Crippen MR) is 111 cm³/mol. The van der Waals surface area contributed by atoms with Gasteiger partial charge in [0.05, 0.1) is 25.4 Å². The van der Waals surface area contributed by atoms with Crippen molar-refractivity contribution in [3.8, 4) is 5.88 Å². The molecule has 10 heteroatoms. The van der Waals surface area contributed by atoms with Crippen LogP contribution in [0.1, 0.15) is 60.2 Å². The first-order valence-corrected chi connectivity index (χ1v) is 11.2. The van der Waals surface area contributed by atoms with Gasteiger partial charge in [-0.05, 0) is 37.2 Å². The van der Waals surface area contributed by atoms with Gasteiger partial charge in [0.15, 0.2) is 11.5 Å². The average Bonchev–Trinajstić information content (AvgIpc) is 3.67. The van der Waals surface area contributed by atoms with Crippen LogP contribution in [0.5, 0.6) is 5.88 Å². The third kappa shape index (κ3) is 4.99. The summed E-state index contributed by atoms with van der Waals surface area (Å²) in [6.07, 6.45) is 5.45. The molecule has 0 aromatic carbocycles. The van der Waals surface area contributed by atoms with Crippen LogP contribution in [0.4, 0.5) is 14.5 Å². The third-order valence-corrected chi connectivity index (χ3v) is 6.14. The van der Waals surface area contributed by atoms with Gasteiger partial charge in [-0.1, -0.05) is 18.0 Å². The third-order valence-electron chi connectivity index (χ3n) is 6.14. The lowest BCUT2D eigenvalue weighted by Crippen LogP contribution is -2.57. The van der Waals surface area contributed by atoms with Gasteiger partial charge >= 0.3 is 0 Å². The molecule has 2 aromatic heterocycles. The van der Waals surface area contributed by atoms with Crippen molar-refractivity contribution in [2.45, 2.75) is 50.9 Å². The minimum Gasteiger partial charge on any atom is -0.477 e. The summed E-state index contributed by atoms with van der Waals surface area (Å²) in [5.74, 6) is -0.719. The van der Waals surface area contributed by atoms with Gasteiger partial charge < -0.3 is 19.5 Å². The molecule has 5 rings (SSSR count). The van der Waals surface area contributed by atoms with Crippen LogP contribution in [-0.2, 0) is 0 Å². The maximum Gasteiger partial charge on any atom is 0.282 e. The Morgan fingerprint density at radius 2 is 2.00 bits per heavy atom. The molecule has 0 spiro atoms.